The van der Waals surface area contributed by atoms with Crippen LogP contribution in [0.2, 0.25) is 5.02 Å². The molecule has 1 heterocycles. The van der Waals surface area contributed by atoms with Gasteiger partial charge in [0.1, 0.15) is 13.7 Å². The van der Waals surface area contributed by atoms with Crippen molar-refractivity contribution in [2.24, 2.45) is 0 Å². The molecule has 18 heavy (non-hydrogen) atoms. The summed E-state index contributed by atoms with van der Waals surface area (Å²) in [6, 6.07) is 4.30. The van der Waals surface area contributed by atoms with Crippen LogP contribution in [0.25, 0.3) is 0 Å². The van der Waals surface area contributed by atoms with Crippen LogP contribution in [0.4, 0.5) is 16.0 Å². The monoisotopic (exact) mass is 279 g/mol. The van der Waals surface area contributed by atoms with Gasteiger partial charge in [0.05, 0.1) is 10.0 Å². The van der Waals surface area contributed by atoms with Crippen LogP contribution < -0.4 is 10.8 Å². The Morgan fingerprint density at radius 2 is 2.22 bits per heavy atom. The molecule has 0 amide bonds. The highest BCUT2D eigenvalue weighted by atomic mass is 35.5. The van der Waals surface area contributed by atoms with Crippen LogP contribution in [0, 0.1) is 5.82 Å². The highest BCUT2D eigenvalue weighted by Gasteiger charge is 2.05. The van der Waals surface area contributed by atoms with E-state index in [1.54, 1.807) is 6.07 Å². The zero-order valence-electron chi connectivity index (χ0n) is 9.45. The number of nitrogens with zero attached hydrogens (tertiary/aromatic N) is 2. The van der Waals surface area contributed by atoms with Crippen LogP contribution in [0.15, 0.2) is 29.4 Å². The van der Waals surface area contributed by atoms with Crippen molar-refractivity contribution in [3.05, 3.63) is 35.2 Å². The van der Waals surface area contributed by atoms with Crippen molar-refractivity contribution >= 4 is 48.3 Å². The van der Waals surface area contributed by atoms with Crippen LogP contribution in [0.1, 0.15) is 0 Å². The lowest BCUT2D eigenvalue weighted by molar-refractivity contribution is 0.628. The summed E-state index contributed by atoms with van der Waals surface area (Å²) >= 11 is 7.11. The van der Waals surface area contributed by atoms with E-state index in [2.05, 4.69) is 15.3 Å². The maximum Gasteiger partial charge on any atom is 0.228 e. The molecule has 0 bridgehead atoms. The van der Waals surface area contributed by atoms with E-state index in [9.17, 15) is 4.39 Å². The first kappa shape index (κ1) is 13.2. The summed E-state index contributed by atoms with van der Waals surface area (Å²) in [5, 5.41) is 3.66. The molecule has 1 aromatic heterocycles. The van der Waals surface area contributed by atoms with E-state index in [4.69, 9.17) is 19.4 Å². The van der Waals surface area contributed by atoms with Crippen molar-refractivity contribution in [1.82, 2.24) is 9.97 Å². The molecule has 2 radical (unpaired) electrons. The molecule has 90 valence electrons. The maximum atomic E-state index is 13.0. The maximum absolute atomic E-state index is 13.0. The number of thioether (sulfide) groups is 1. The number of benzene rings is 1. The Balaban J connectivity index is 2.25. The summed E-state index contributed by atoms with van der Waals surface area (Å²) < 4.78 is 13.0. The molecule has 7 heteroatoms. The zero-order chi connectivity index (χ0) is 13.1. The molecule has 0 fully saturated rings. The second-order valence-corrected chi connectivity index (χ2v) is 4.61. The SMILES string of the molecule is [B]c1cnc(Nc2ccc(F)c(Cl)c2)nc1SC. The minimum atomic E-state index is -0.467. The van der Waals surface area contributed by atoms with Crippen molar-refractivity contribution in [3.8, 4) is 0 Å². The predicted octanol–water partition coefficient (Wildman–Crippen LogP) is 2.53. The molecule has 0 spiro atoms. The van der Waals surface area contributed by atoms with Crippen molar-refractivity contribution in [1.29, 1.82) is 0 Å². The zero-order valence-corrected chi connectivity index (χ0v) is 11.0. The number of halogens is 2. The summed E-state index contributed by atoms with van der Waals surface area (Å²) in [5.74, 6) is -0.0820. The Labute approximate surface area is 115 Å². The highest BCUT2D eigenvalue weighted by Crippen LogP contribution is 2.21. The van der Waals surface area contributed by atoms with Crippen molar-refractivity contribution in [2.75, 3.05) is 11.6 Å². The predicted molar refractivity (Wildman–Crippen MR) is 73.9 cm³/mol. The number of hydrogen-bond donors (Lipinski definition) is 1. The molecule has 0 saturated heterocycles. The molecule has 2 aromatic rings. The van der Waals surface area contributed by atoms with Crippen LogP contribution >= 0.6 is 23.4 Å². The van der Waals surface area contributed by atoms with E-state index in [0.717, 1.165) is 0 Å². The van der Waals surface area contributed by atoms with Gasteiger partial charge in [-0.1, -0.05) is 11.6 Å². The largest absolute Gasteiger partial charge is 0.324 e. The Morgan fingerprint density at radius 3 is 2.89 bits per heavy atom. The van der Waals surface area contributed by atoms with Crippen molar-refractivity contribution in [3.63, 3.8) is 0 Å². The molecular formula is C11H8BClFN3S. The summed E-state index contributed by atoms with van der Waals surface area (Å²) in [4.78, 5) is 8.25. The van der Waals surface area contributed by atoms with Gasteiger partial charge in [0.25, 0.3) is 0 Å². The average Bonchev–Trinajstić information content (AvgIpc) is 2.36. The fourth-order valence-electron chi connectivity index (χ4n) is 1.30. The van der Waals surface area contributed by atoms with Gasteiger partial charge in [-0.3, -0.25) is 0 Å². The lowest BCUT2D eigenvalue weighted by atomic mass is 10.0. The molecule has 0 saturated carbocycles. The van der Waals surface area contributed by atoms with Gasteiger partial charge in [-0.2, -0.15) is 0 Å². The Hall–Kier alpha value is -1.27. The van der Waals surface area contributed by atoms with Gasteiger partial charge in [-0.15, -0.1) is 11.8 Å². The minimum Gasteiger partial charge on any atom is -0.324 e. The fraction of sp³-hybridized carbons (Fsp3) is 0.0909. The van der Waals surface area contributed by atoms with E-state index in [1.165, 1.54) is 30.1 Å². The van der Waals surface area contributed by atoms with Gasteiger partial charge in [-0.25, -0.2) is 14.4 Å². The summed E-state index contributed by atoms with van der Waals surface area (Å²) in [5.41, 5.74) is 1.13. The van der Waals surface area contributed by atoms with Crippen molar-refractivity contribution < 1.29 is 4.39 Å². The molecule has 0 aliphatic rings. The highest BCUT2D eigenvalue weighted by molar-refractivity contribution is 7.98. The average molecular weight is 280 g/mol. The first-order valence-electron chi connectivity index (χ1n) is 4.98. The number of anilines is 2. The smallest absolute Gasteiger partial charge is 0.228 e. The van der Waals surface area contributed by atoms with Gasteiger partial charge in [-0.05, 0) is 29.9 Å². The second kappa shape index (κ2) is 5.58. The topological polar surface area (TPSA) is 37.8 Å². The first-order chi connectivity index (χ1) is 8.60. The molecule has 0 unspecified atom stereocenters. The lowest BCUT2D eigenvalue weighted by Gasteiger charge is -2.08. The Kier molecular flexibility index (Phi) is 4.09. The van der Waals surface area contributed by atoms with Crippen LogP contribution in [-0.2, 0) is 0 Å². The van der Waals surface area contributed by atoms with Gasteiger partial charge in [0.15, 0.2) is 0 Å². The van der Waals surface area contributed by atoms with Crippen LogP contribution in [-0.4, -0.2) is 24.1 Å². The van der Waals surface area contributed by atoms with E-state index >= 15 is 0 Å². The third kappa shape index (κ3) is 2.94. The van der Waals surface area contributed by atoms with E-state index in [1.807, 2.05) is 6.26 Å². The Bertz CT molecular complexity index is 582. The summed E-state index contributed by atoms with van der Waals surface area (Å²) in [7, 11) is 5.69. The molecule has 0 aliphatic carbocycles. The molecular weight excluding hydrogens is 271 g/mol. The van der Waals surface area contributed by atoms with Gasteiger partial charge in [0.2, 0.25) is 5.95 Å². The first-order valence-corrected chi connectivity index (χ1v) is 6.59. The van der Waals surface area contributed by atoms with E-state index in [0.29, 0.717) is 22.1 Å². The van der Waals surface area contributed by atoms with Gasteiger partial charge >= 0.3 is 0 Å². The minimum absolute atomic E-state index is 0.0422. The lowest BCUT2D eigenvalue weighted by Crippen LogP contribution is -2.11. The van der Waals surface area contributed by atoms with Crippen LogP contribution in [0.5, 0.6) is 0 Å². The molecule has 2 rings (SSSR count). The molecule has 0 aliphatic heterocycles. The molecule has 0 atom stereocenters. The standard InChI is InChI=1S/C11H8BClFN3S/c1-18-10-7(12)5-15-11(17-10)16-6-2-3-9(14)8(13)4-6/h2-5H,1H3,(H,15,16,17). The van der Waals surface area contributed by atoms with Crippen LogP contribution in [0.3, 0.4) is 0 Å². The van der Waals surface area contributed by atoms with Gasteiger partial charge < -0.3 is 5.32 Å². The van der Waals surface area contributed by atoms with E-state index in [-0.39, 0.29) is 5.02 Å². The van der Waals surface area contributed by atoms with Gasteiger partial charge in [0, 0.05) is 11.9 Å². The quantitative estimate of drug-likeness (QED) is 0.532. The number of hydrogen-bond acceptors (Lipinski definition) is 4. The molecule has 1 aromatic carbocycles. The number of rotatable bonds is 3. The summed E-state index contributed by atoms with van der Waals surface area (Å²) in [6.45, 7) is 0. The third-order valence-corrected chi connectivity index (χ3v) is 3.15. The van der Waals surface area contributed by atoms with E-state index < -0.39 is 5.82 Å². The second-order valence-electron chi connectivity index (χ2n) is 3.41. The fourth-order valence-corrected chi connectivity index (χ4v) is 1.95. The molecule has 3 nitrogen and oxygen atoms in total. The third-order valence-electron chi connectivity index (χ3n) is 2.15. The normalized spacial score (nSPS) is 10.4. The van der Waals surface area contributed by atoms with Crippen molar-refractivity contribution in [2.45, 2.75) is 5.03 Å². The number of nitrogens with one attached hydrogen (secondary N) is 1. The summed E-state index contributed by atoms with van der Waals surface area (Å²) in [6.07, 6.45) is 3.39. The molecule has 1 N–H and O–H groups in total. The number of aromatic nitrogens is 2. The Morgan fingerprint density at radius 1 is 1.44 bits per heavy atom.